The van der Waals surface area contributed by atoms with Crippen LogP contribution in [0, 0.1) is 11.8 Å². The summed E-state index contributed by atoms with van der Waals surface area (Å²) in [6.07, 6.45) is 1.36. The maximum absolute atomic E-state index is 5.30. The standard InChI is InChI=1S/C16H29N3OS/c1-11-7-12(11)9-19(5)15-18-13(10-20-6)14(21-15)8-17-16(2,3)4/h11-12,17H,7-10H2,1-6H3. The van der Waals surface area contributed by atoms with Gasteiger partial charge in [-0.2, -0.15) is 0 Å². The molecule has 1 aliphatic rings. The van der Waals surface area contributed by atoms with E-state index in [0.29, 0.717) is 6.61 Å². The quantitative estimate of drug-likeness (QED) is 0.838. The first kappa shape index (κ1) is 16.7. The van der Waals surface area contributed by atoms with E-state index in [-0.39, 0.29) is 5.54 Å². The molecule has 1 saturated carbocycles. The van der Waals surface area contributed by atoms with Crippen LogP contribution in [0.5, 0.6) is 0 Å². The highest BCUT2D eigenvalue weighted by Crippen LogP contribution is 2.39. The maximum atomic E-state index is 5.30. The lowest BCUT2D eigenvalue weighted by atomic mass is 10.1. The Morgan fingerprint density at radius 1 is 1.43 bits per heavy atom. The molecule has 1 aliphatic carbocycles. The molecule has 5 heteroatoms. The first-order valence-corrected chi connectivity index (χ1v) is 8.55. The largest absolute Gasteiger partial charge is 0.378 e. The summed E-state index contributed by atoms with van der Waals surface area (Å²) in [5.74, 6) is 1.73. The summed E-state index contributed by atoms with van der Waals surface area (Å²) >= 11 is 1.79. The van der Waals surface area contributed by atoms with Crippen molar-refractivity contribution >= 4 is 16.5 Å². The average molecular weight is 311 g/mol. The summed E-state index contributed by atoms with van der Waals surface area (Å²) in [5.41, 5.74) is 1.19. The number of nitrogens with zero attached hydrogens (tertiary/aromatic N) is 2. The maximum Gasteiger partial charge on any atom is 0.185 e. The van der Waals surface area contributed by atoms with Crippen LogP contribution in [0.3, 0.4) is 0 Å². The summed E-state index contributed by atoms with van der Waals surface area (Å²) in [6, 6.07) is 0. The molecule has 1 N–H and O–H groups in total. The predicted octanol–water partition coefficient (Wildman–Crippen LogP) is 3.27. The Morgan fingerprint density at radius 3 is 2.62 bits per heavy atom. The number of thiazole rings is 1. The number of ether oxygens (including phenoxy) is 1. The number of nitrogens with one attached hydrogen (secondary N) is 1. The smallest absolute Gasteiger partial charge is 0.185 e. The summed E-state index contributed by atoms with van der Waals surface area (Å²) in [5, 5.41) is 4.66. The SMILES string of the molecule is COCc1nc(N(C)CC2CC2C)sc1CNC(C)(C)C. The lowest BCUT2D eigenvalue weighted by Crippen LogP contribution is -2.35. The van der Waals surface area contributed by atoms with Crippen molar-refractivity contribution in [2.75, 3.05) is 25.6 Å². The Balaban J connectivity index is 2.04. The number of hydrogen-bond acceptors (Lipinski definition) is 5. The molecule has 21 heavy (non-hydrogen) atoms. The molecule has 0 amide bonds. The molecule has 1 aromatic rings. The minimum absolute atomic E-state index is 0.115. The highest BCUT2D eigenvalue weighted by Gasteiger charge is 2.33. The van der Waals surface area contributed by atoms with Crippen LogP contribution in [-0.2, 0) is 17.9 Å². The molecular formula is C16H29N3OS. The molecular weight excluding hydrogens is 282 g/mol. The first-order chi connectivity index (χ1) is 9.80. The summed E-state index contributed by atoms with van der Waals surface area (Å²) in [7, 11) is 3.89. The van der Waals surface area contributed by atoms with Gasteiger partial charge in [0.25, 0.3) is 0 Å². The van der Waals surface area contributed by atoms with Gasteiger partial charge in [0.2, 0.25) is 0 Å². The zero-order valence-electron chi connectivity index (χ0n) is 14.2. The lowest BCUT2D eigenvalue weighted by molar-refractivity contribution is 0.181. The second kappa shape index (κ2) is 6.63. The van der Waals surface area contributed by atoms with E-state index < -0.39 is 0 Å². The van der Waals surface area contributed by atoms with Crippen molar-refractivity contribution in [3.8, 4) is 0 Å². The third kappa shape index (κ3) is 4.94. The Hall–Kier alpha value is -0.650. The van der Waals surface area contributed by atoms with Gasteiger partial charge >= 0.3 is 0 Å². The van der Waals surface area contributed by atoms with Gasteiger partial charge in [0, 0.05) is 37.7 Å². The van der Waals surface area contributed by atoms with Gasteiger partial charge in [-0.05, 0) is 39.0 Å². The molecule has 1 heterocycles. The minimum atomic E-state index is 0.115. The molecule has 0 aromatic carbocycles. The van der Waals surface area contributed by atoms with Crippen LogP contribution in [0.2, 0.25) is 0 Å². The first-order valence-electron chi connectivity index (χ1n) is 7.74. The normalized spacial score (nSPS) is 21.6. The van der Waals surface area contributed by atoms with Crippen LogP contribution in [0.15, 0.2) is 0 Å². The summed E-state index contributed by atoms with van der Waals surface area (Å²) in [4.78, 5) is 8.38. The molecule has 1 aromatic heterocycles. The second-order valence-electron chi connectivity index (χ2n) is 7.26. The van der Waals surface area contributed by atoms with Crippen molar-refractivity contribution in [3.63, 3.8) is 0 Å². The van der Waals surface area contributed by atoms with Crippen LogP contribution in [0.4, 0.5) is 5.13 Å². The summed E-state index contributed by atoms with van der Waals surface area (Å²) < 4.78 is 5.30. The Morgan fingerprint density at radius 2 is 2.10 bits per heavy atom. The number of rotatable bonds is 7. The highest BCUT2D eigenvalue weighted by molar-refractivity contribution is 7.15. The number of hydrogen-bond donors (Lipinski definition) is 1. The summed E-state index contributed by atoms with van der Waals surface area (Å²) in [6.45, 7) is 11.4. The minimum Gasteiger partial charge on any atom is -0.378 e. The molecule has 0 saturated heterocycles. The average Bonchev–Trinajstić information content (AvgIpc) is 2.91. The van der Waals surface area contributed by atoms with Gasteiger partial charge in [-0.3, -0.25) is 0 Å². The molecule has 0 radical (unpaired) electrons. The van der Waals surface area contributed by atoms with Gasteiger partial charge in [-0.15, -0.1) is 11.3 Å². The van der Waals surface area contributed by atoms with Gasteiger partial charge < -0.3 is 15.0 Å². The van der Waals surface area contributed by atoms with Crippen molar-refractivity contribution in [1.29, 1.82) is 0 Å². The fourth-order valence-electron chi connectivity index (χ4n) is 2.35. The van der Waals surface area contributed by atoms with Gasteiger partial charge in [-0.25, -0.2) is 4.98 Å². The van der Waals surface area contributed by atoms with E-state index in [1.165, 1.54) is 11.3 Å². The number of anilines is 1. The molecule has 0 spiro atoms. The Kier molecular flexibility index (Phi) is 5.28. The van der Waals surface area contributed by atoms with E-state index in [4.69, 9.17) is 9.72 Å². The van der Waals surface area contributed by atoms with Gasteiger partial charge in [0.15, 0.2) is 5.13 Å². The fourth-order valence-corrected chi connectivity index (χ4v) is 3.32. The van der Waals surface area contributed by atoms with Crippen LogP contribution in [-0.4, -0.2) is 31.2 Å². The van der Waals surface area contributed by atoms with Crippen molar-refractivity contribution in [1.82, 2.24) is 10.3 Å². The van der Waals surface area contributed by atoms with Crippen molar-refractivity contribution in [2.24, 2.45) is 11.8 Å². The molecule has 2 rings (SSSR count). The third-order valence-electron chi connectivity index (χ3n) is 3.94. The molecule has 1 fully saturated rings. The van der Waals surface area contributed by atoms with Crippen molar-refractivity contribution in [2.45, 2.75) is 52.8 Å². The molecule has 4 nitrogen and oxygen atoms in total. The van der Waals surface area contributed by atoms with Crippen LogP contribution < -0.4 is 10.2 Å². The van der Waals surface area contributed by atoms with Gasteiger partial charge in [-0.1, -0.05) is 6.92 Å². The van der Waals surface area contributed by atoms with E-state index in [1.54, 1.807) is 18.4 Å². The third-order valence-corrected chi connectivity index (χ3v) is 5.15. The Bertz CT molecular complexity index is 467. The van der Waals surface area contributed by atoms with Crippen molar-refractivity contribution < 1.29 is 4.74 Å². The molecule has 120 valence electrons. The monoisotopic (exact) mass is 311 g/mol. The molecule has 0 aliphatic heterocycles. The fraction of sp³-hybridized carbons (Fsp3) is 0.812. The second-order valence-corrected chi connectivity index (χ2v) is 8.32. The van der Waals surface area contributed by atoms with E-state index in [2.05, 4.69) is 45.0 Å². The van der Waals surface area contributed by atoms with Crippen LogP contribution in [0.25, 0.3) is 0 Å². The zero-order valence-corrected chi connectivity index (χ0v) is 15.0. The lowest BCUT2D eigenvalue weighted by Gasteiger charge is -2.20. The van der Waals surface area contributed by atoms with E-state index >= 15 is 0 Å². The zero-order chi connectivity index (χ0) is 15.6. The molecule has 2 unspecified atom stereocenters. The van der Waals surface area contributed by atoms with Crippen molar-refractivity contribution in [3.05, 3.63) is 10.6 Å². The van der Waals surface area contributed by atoms with E-state index in [9.17, 15) is 0 Å². The van der Waals surface area contributed by atoms with Gasteiger partial charge in [0.1, 0.15) is 0 Å². The molecule has 0 bridgehead atoms. The Labute approximate surface area is 132 Å². The molecule has 2 atom stereocenters. The number of aromatic nitrogens is 1. The predicted molar refractivity (Wildman–Crippen MR) is 90.0 cm³/mol. The number of methoxy groups -OCH3 is 1. The van der Waals surface area contributed by atoms with Crippen LogP contribution >= 0.6 is 11.3 Å². The van der Waals surface area contributed by atoms with Gasteiger partial charge in [0.05, 0.1) is 12.3 Å². The topological polar surface area (TPSA) is 37.4 Å². The van der Waals surface area contributed by atoms with E-state index in [0.717, 1.165) is 35.8 Å². The van der Waals surface area contributed by atoms with Crippen LogP contribution in [0.1, 0.15) is 44.7 Å². The van der Waals surface area contributed by atoms with E-state index in [1.807, 2.05) is 0 Å². The highest BCUT2D eigenvalue weighted by atomic mass is 32.1.